The number of amides is 2. The summed E-state index contributed by atoms with van der Waals surface area (Å²) in [5, 5.41) is 19.6. The standard InChI is InChI=1S/C15H19NO5/c1-9(2)11(8-17)16-14(19)13(21-15(16)20)12(18)10-6-4-3-5-7-10/h3-7,9,11-13,17-18H,8H2,1-2H3/t11-,12-,13+/m1/s1. The Kier molecular flexibility index (Phi) is 4.59. The number of rotatable bonds is 5. The second kappa shape index (κ2) is 6.24. The SMILES string of the molecule is CC(C)[C@@H](CO)N1C(=O)O[C@@H]([C@H](O)c2ccccc2)C1=O. The first kappa shape index (κ1) is 15.5. The Bertz CT molecular complexity index is 516. The van der Waals surface area contributed by atoms with Crippen LogP contribution in [0.4, 0.5) is 4.79 Å². The van der Waals surface area contributed by atoms with Gasteiger partial charge in [0.15, 0.2) is 0 Å². The van der Waals surface area contributed by atoms with Gasteiger partial charge in [-0.25, -0.2) is 9.69 Å². The van der Waals surface area contributed by atoms with Crippen LogP contribution in [0.1, 0.15) is 25.5 Å². The summed E-state index contributed by atoms with van der Waals surface area (Å²) in [5.74, 6) is -0.733. The lowest BCUT2D eigenvalue weighted by molar-refractivity contribution is -0.136. The molecule has 3 atom stereocenters. The maximum Gasteiger partial charge on any atom is 0.417 e. The van der Waals surface area contributed by atoms with Crippen LogP contribution in [-0.4, -0.2) is 45.9 Å². The molecule has 6 nitrogen and oxygen atoms in total. The topological polar surface area (TPSA) is 87.1 Å². The molecule has 1 saturated heterocycles. The first-order valence-electron chi connectivity index (χ1n) is 6.85. The van der Waals surface area contributed by atoms with Gasteiger partial charge in [-0.3, -0.25) is 4.79 Å². The molecule has 1 aliphatic rings. The van der Waals surface area contributed by atoms with E-state index < -0.39 is 30.3 Å². The van der Waals surface area contributed by atoms with E-state index in [9.17, 15) is 19.8 Å². The normalized spacial score (nSPS) is 21.6. The molecule has 0 saturated carbocycles. The maximum atomic E-state index is 12.3. The van der Waals surface area contributed by atoms with Crippen molar-refractivity contribution in [3.63, 3.8) is 0 Å². The lowest BCUT2D eigenvalue weighted by Crippen LogP contribution is -2.46. The molecule has 2 N–H and O–H groups in total. The smallest absolute Gasteiger partial charge is 0.417 e. The average Bonchev–Trinajstić information content (AvgIpc) is 2.76. The summed E-state index contributed by atoms with van der Waals surface area (Å²) in [6.07, 6.45) is -3.32. The molecule has 114 valence electrons. The Morgan fingerprint density at radius 3 is 2.38 bits per heavy atom. The van der Waals surface area contributed by atoms with Crippen LogP contribution in [0.15, 0.2) is 30.3 Å². The Hall–Kier alpha value is -1.92. The molecule has 0 radical (unpaired) electrons. The molecular formula is C15H19NO5. The third-order valence-electron chi connectivity index (χ3n) is 3.62. The van der Waals surface area contributed by atoms with Gasteiger partial charge in [0.05, 0.1) is 12.6 Å². The number of aliphatic hydroxyl groups excluding tert-OH is 2. The lowest BCUT2D eigenvalue weighted by Gasteiger charge is -2.25. The van der Waals surface area contributed by atoms with Crippen LogP contribution >= 0.6 is 0 Å². The van der Waals surface area contributed by atoms with Crippen molar-refractivity contribution in [3.8, 4) is 0 Å². The number of carbonyl (C=O) groups is 2. The highest BCUT2D eigenvalue weighted by molar-refractivity contribution is 6.00. The van der Waals surface area contributed by atoms with Crippen molar-refractivity contribution in [1.29, 1.82) is 0 Å². The highest BCUT2D eigenvalue weighted by Gasteiger charge is 2.48. The summed E-state index contributed by atoms with van der Waals surface area (Å²) < 4.78 is 5.01. The van der Waals surface area contributed by atoms with E-state index in [0.717, 1.165) is 4.90 Å². The molecule has 21 heavy (non-hydrogen) atoms. The van der Waals surface area contributed by atoms with E-state index in [4.69, 9.17) is 4.74 Å². The van der Waals surface area contributed by atoms with Crippen molar-refractivity contribution >= 4 is 12.0 Å². The van der Waals surface area contributed by atoms with E-state index in [1.807, 2.05) is 0 Å². The molecule has 2 rings (SSSR count). The number of hydrogen-bond acceptors (Lipinski definition) is 5. The second-order valence-electron chi connectivity index (χ2n) is 5.36. The van der Waals surface area contributed by atoms with Crippen LogP contribution in [0.5, 0.6) is 0 Å². The van der Waals surface area contributed by atoms with Crippen molar-refractivity contribution in [2.75, 3.05) is 6.61 Å². The first-order chi connectivity index (χ1) is 9.97. The summed E-state index contributed by atoms with van der Waals surface area (Å²) in [7, 11) is 0. The Morgan fingerprint density at radius 1 is 1.24 bits per heavy atom. The van der Waals surface area contributed by atoms with Crippen molar-refractivity contribution < 1.29 is 24.5 Å². The van der Waals surface area contributed by atoms with Crippen molar-refractivity contribution in [3.05, 3.63) is 35.9 Å². The minimum Gasteiger partial charge on any atom is -0.432 e. The van der Waals surface area contributed by atoms with E-state index in [1.165, 1.54) is 0 Å². The Balaban J connectivity index is 2.22. The number of imide groups is 1. The van der Waals surface area contributed by atoms with E-state index in [-0.39, 0.29) is 12.5 Å². The van der Waals surface area contributed by atoms with Crippen molar-refractivity contribution in [1.82, 2.24) is 4.90 Å². The average molecular weight is 293 g/mol. The van der Waals surface area contributed by atoms with Gasteiger partial charge >= 0.3 is 6.09 Å². The molecule has 1 heterocycles. The number of aliphatic hydroxyl groups is 2. The summed E-state index contributed by atoms with van der Waals surface area (Å²) >= 11 is 0. The van der Waals surface area contributed by atoms with Crippen molar-refractivity contribution in [2.45, 2.75) is 32.1 Å². The van der Waals surface area contributed by atoms with Gasteiger partial charge in [-0.1, -0.05) is 44.2 Å². The summed E-state index contributed by atoms with van der Waals surface area (Å²) in [4.78, 5) is 25.1. The van der Waals surface area contributed by atoms with Crippen LogP contribution in [0.25, 0.3) is 0 Å². The van der Waals surface area contributed by atoms with Crippen LogP contribution in [0.3, 0.4) is 0 Å². The molecule has 0 unspecified atom stereocenters. The molecule has 2 amide bonds. The van der Waals surface area contributed by atoms with Crippen LogP contribution < -0.4 is 0 Å². The van der Waals surface area contributed by atoms with E-state index in [2.05, 4.69) is 0 Å². The summed E-state index contributed by atoms with van der Waals surface area (Å²) in [6, 6.07) is 7.88. The fourth-order valence-electron chi connectivity index (χ4n) is 2.36. The molecule has 0 aliphatic carbocycles. The number of cyclic esters (lactones) is 1. The van der Waals surface area contributed by atoms with Gasteiger partial charge in [-0.2, -0.15) is 0 Å². The van der Waals surface area contributed by atoms with E-state index >= 15 is 0 Å². The Morgan fingerprint density at radius 2 is 1.86 bits per heavy atom. The molecule has 1 aromatic carbocycles. The molecule has 1 fully saturated rings. The molecule has 1 aromatic rings. The zero-order valence-electron chi connectivity index (χ0n) is 12.0. The van der Waals surface area contributed by atoms with Gasteiger partial charge in [0, 0.05) is 0 Å². The lowest BCUT2D eigenvalue weighted by atomic mass is 10.0. The molecule has 1 aliphatic heterocycles. The van der Waals surface area contributed by atoms with Crippen LogP contribution in [0.2, 0.25) is 0 Å². The zero-order chi connectivity index (χ0) is 15.6. The van der Waals surface area contributed by atoms with Crippen LogP contribution in [-0.2, 0) is 9.53 Å². The predicted octanol–water partition coefficient (Wildman–Crippen LogP) is 1.08. The fourth-order valence-corrected chi connectivity index (χ4v) is 2.36. The summed E-state index contributed by atoms with van der Waals surface area (Å²) in [5.41, 5.74) is 0.496. The minimum absolute atomic E-state index is 0.112. The van der Waals surface area contributed by atoms with Gasteiger partial charge in [0.25, 0.3) is 5.91 Å². The van der Waals surface area contributed by atoms with Gasteiger partial charge in [0.2, 0.25) is 6.10 Å². The highest BCUT2D eigenvalue weighted by Crippen LogP contribution is 2.28. The number of carbonyl (C=O) groups excluding carboxylic acids is 2. The summed E-state index contributed by atoms with van der Waals surface area (Å²) in [6.45, 7) is 3.25. The number of benzene rings is 1. The second-order valence-corrected chi connectivity index (χ2v) is 5.36. The van der Waals surface area contributed by atoms with Gasteiger partial charge in [-0.15, -0.1) is 0 Å². The molecule has 0 bridgehead atoms. The van der Waals surface area contributed by atoms with Gasteiger partial charge < -0.3 is 14.9 Å². The van der Waals surface area contributed by atoms with Crippen LogP contribution in [0, 0.1) is 5.92 Å². The molecule has 0 spiro atoms. The van der Waals surface area contributed by atoms with Gasteiger partial charge in [-0.05, 0) is 11.5 Å². The van der Waals surface area contributed by atoms with Gasteiger partial charge in [0.1, 0.15) is 6.10 Å². The zero-order valence-corrected chi connectivity index (χ0v) is 12.0. The Labute approximate surface area is 122 Å². The quantitative estimate of drug-likeness (QED) is 0.848. The van der Waals surface area contributed by atoms with E-state index in [1.54, 1.807) is 44.2 Å². The highest BCUT2D eigenvalue weighted by atomic mass is 16.6. The monoisotopic (exact) mass is 293 g/mol. The predicted molar refractivity (Wildman–Crippen MR) is 74.2 cm³/mol. The fraction of sp³-hybridized carbons (Fsp3) is 0.467. The largest absolute Gasteiger partial charge is 0.432 e. The number of nitrogens with zero attached hydrogens (tertiary/aromatic N) is 1. The van der Waals surface area contributed by atoms with E-state index in [0.29, 0.717) is 5.56 Å². The maximum absolute atomic E-state index is 12.3. The number of ether oxygens (including phenoxy) is 1. The van der Waals surface area contributed by atoms with Crippen molar-refractivity contribution in [2.24, 2.45) is 5.92 Å². The molecule has 0 aromatic heterocycles. The first-order valence-corrected chi connectivity index (χ1v) is 6.85. The third-order valence-corrected chi connectivity index (χ3v) is 3.62. The number of hydrogen-bond donors (Lipinski definition) is 2. The molecule has 6 heteroatoms. The molecular weight excluding hydrogens is 274 g/mol. The minimum atomic E-state index is -1.27. The third kappa shape index (κ3) is 2.91.